The van der Waals surface area contributed by atoms with E-state index in [-0.39, 0.29) is 12.0 Å². The van der Waals surface area contributed by atoms with Crippen molar-refractivity contribution in [3.8, 4) is 0 Å². The Morgan fingerprint density at radius 3 is 2.46 bits per heavy atom. The van der Waals surface area contributed by atoms with Gasteiger partial charge >= 0.3 is 0 Å². The van der Waals surface area contributed by atoms with Crippen molar-refractivity contribution in [3.05, 3.63) is 29.8 Å². The summed E-state index contributed by atoms with van der Waals surface area (Å²) in [7, 11) is 0. The van der Waals surface area contributed by atoms with Crippen LogP contribution in [0.3, 0.4) is 0 Å². The van der Waals surface area contributed by atoms with Gasteiger partial charge in [-0.3, -0.25) is 9.69 Å². The first kappa shape index (κ1) is 17.2. The van der Waals surface area contributed by atoms with Crippen LogP contribution in [-0.4, -0.2) is 60.8 Å². The Morgan fingerprint density at radius 2 is 1.88 bits per heavy atom. The van der Waals surface area contributed by atoms with E-state index in [0.29, 0.717) is 12.1 Å². The number of piperidine rings is 1. The lowest BCUT2D eigenvalue weighted by Gasteiger charge is -2.31. The van der Waals surface area contributed by atoms with Crippen molar-refractivity contribution in [1.29, 1.82) is 0 Å². The van der Waals surface area contributed by atoms with E-state index in [2.05, 4.69) is 22.0 Å². The van der Waals surface area contributed by atoms with Crippen LogP contribution < -0.4 is 10.2 Å². The molecule has 0 spiro atoms. The largest absolute Gasteiger partial charge is 0.393 e. The first-order valence-electron chi connectivity index (χ1n) is 9.22. The molecule has 1 heterocycles. The number of anilines is 1. The summed E-state index contributed by atoms with van der Waals surface area (Å²) in [6.45, 7) is 6.62. The molecule has 1 saturated heterocycles. The van der Waals surface area contributed by atoms with Crippen molar-refractivity contribution >= 4 is 11.6 Å². The van der Waals surface area contributed by atoms with Gasteiger partial charge in [0.05, 0.1) is 6.10 Å². The lowest BCUT2D eigenvalue weighted by Crippen LogP contribution is -2.36. The number of carbonyl (C=O) groups is 1. The highest BCUT2D eigenvalue weighted by atomic mass is 16.3. The minimum absolute atomic E-state index is 0.00228. The third kappa shape index (κ3) is 4.48. The first-order chi connectivity index (χ1) is 11.7. The topological polar surface area (TPSA) is 55.8 Å². The second kappa shape index (κ2) is 7.99. The lowest BCUT2D eigenvalue weighted by atomic mass is 10.1. The van der Waals surface area contributed by atoms with Gasteiger partial charge in [0.15, 0.2) is 0 Å². The standard InChI is InChI=1S/C19H29N3O2/c1-2-21(16-7-8-16)14-11-20-19(24)15-3-5-17(6-4-15)22-12-9-18(23)10-13-22/h3-6,16,18,23H,2,7-14H2,1H3,(H,20,24). The van der Waals surface area contributed by atoms with Gasteiger partial charge in [0.2, 0.25) is 0 Å². The highest BCUT2D eigenvalue weighted by Gasteiger charge is 2.27. The number of nitrogens with zero attached hydrogens (tertiary/aromatic N) is 2. The maximum Gasteiger partial charge on any atom is 0.251 e. The number of hydrogen-bond acceptors (Lipinski definition) is 4. The molecule has 0 radical (unpaired) electrons. The fourth-order valence-corrected chi connectivity index (χ4v) is 3.40. The molecule has 24 heavy (non-hydrogen) atoms. The summed E-state index contributed by atoms with van der Waals surface area (Å²) in [6, 6.07) is 8.56. The van der Waals surface area contributed by atoms with Crippen LogP contribution in [0.15, 0.2) is 24.3 Å². The van der Waals surface area contributed by atoms with E-state index in [1.807, 2.05) is 24.3 Å². The van der Waals surface area contributed by atoms with Gasteiger partial charge in [-0.05, 0) is 56.5 Å². The number of nitrogens with one attached hydrogen (secondary N) is 1. The molecule has 1 saturated carbocycles. The van der Waals surface area contributed by atoms with Gasteiger partial charge in [0.1, 0.15) is 0 Å². The molecule has 1 amide bonds. The Hall–Kier alpha value is -1.59. The minimum Gasteiger partial charge on any atom is -0.393 e. The molecule has 1 aromatic rings. The molecule has 2 aliphatic rings. The highest BCUT2D eigenvalue weighted by Crippen LogP contribution is 2.25. The zero-order chi connectivity index (χ0) is 16.9. The van der Waals surface area contributed by atoms with Crippen molar-refractivity contribution in [2.45, 2.75) is 44.8 Å². The Morgan fingerprint density at radius 1 is 1.21 bits per heavy atom. The zero-order valence-corrected chi connectivity index (χ0v) is 14.6. The third-order valence-electron chi connectivity index (χ3n) is 5.11. The van der Waals surface area contributed by atoms with Crippen LogP contribution in [0.2, 0.25) is 0 Å². The summed E-state index contributed by atoms with van der Waals surface area (Å²) >= 11 is 0. The van der Waals surface area contributed by atoms with Crippen molar-refractivity contribution in [1.82, 2.24) is 10.2 Å². The molecule has 1 aliphatic carbocycles. The maximum absolute atomic E-state index is 12.3. The van der Waals surface area contributed by atoms with Gasteiger partial charge in [0.25, 0.3) is 5.91 Å². The minimum atomic E-state index is -0.162. The average molecular weight is 331 g/mol. The van der Waals surface area contributed by atoms with Crippen LogP contribution in [0.1, 0.15) is 43.0 Å². The molecule has 3 rings (SSSR count). The average Bonchev–Trinajstić information content (AvgIpc) is 3.44. The summed E-state index contributed by atoms with van der Waals surface area (Å²) in [4.78, 5) is 17.0. The Labute approximate surface area is 144 Å². The molecule has 5 heteroatoms. The van der Waals surface area contributed by atoms with Gasteiger partial charge in [-0.2, -0.15) is 0 Å². The molecule has 0 unspecified atom stereocenters. The van der Waals surface area contributed by atoms with Crippen LogP contribution in [0.4, 0.5) is 5.69 Å². The molecule has 2 fully saturated rings. The van der Waals surface area contributed by atoms with E-state index in [1.54, 1.807) is 0 Å². The van der Waals surface area contributed by atoms with E-state index in [9.17, 15) is 9.90 Å². The number of carbonyl (C=O) groups excluding carboxylic acids is 1. The second-order valence-electron chi connectivity index (χ2n) is 6.88. The zero-order valence-electron chi connectivity index (χ0n) is 14.6. The van der Waals surface area contributed by atoms with Crippen molar-refractivity contribution in [2.24, 2.45) is 0 Å². The highest BCUT2D eigenvalue weighted by molar-refractivity contribution is 5.94. The number of amides is 1. The molecule has 1 aromatic carbocycles. The first-order valence-corrected chi connectivity index (χ1v) is 9.22. The number of aliphatic hydroxyl groups excluding tert-OH is 1. The molecule has 5 nitrogen and oxygen atoms in total. The van der Waals surface area contributed by atoms with Crippen LogP contribution in [0.25, 0.3) is 0 Å². The van der Waals surface area contributed by atoms with Crippen LogP contribution >= 0.6 is 0 Å². The fraction of sp³-hybridized carbons (Fsp3) is 0.632. The number of aliphatic hydroxyl groups is 1. The molecule has 0 bridgehead atoms. The number of benzene rings is 1. The van der Waals surface area contributed by atoms with Crippen LogP contribution in [0.5, 0.6) is 0 Å². The monoisotopic (exact) mass is 331 g/mol. The summed E-state index contributed by atoms with van der Waals surface area (Å²) < 4.78 is 0. The van der Waals surface area contributed by atoms with Gasteiger partial charge < -0.3 is 15.3 Å². The molecule has 132 valence electrons. The van der Waals surface area contributed by atoms with E-state index < -0.39 is 0 Å². The predicted octanol–water partition coefficient (Wildman–Crippen LogP) is 1.86. The quantitative estimate of drug-likeness (QED) is 0.801. The SMILES string of the molecule is CCN(CCNC(=O)c1ccc(N2CCC(O)CC2)cc1)C1CC1. The summed E-state index contributed by atoms with van der Waals surface area (Å²) in [5, 5.41) is 12.6. The maximum atomic E-state index is 12.3. The van der Waals surface area contributed by atoms with E-state index >= 15 is 0 Å². The smallest absolute Gasteiger partial charge is 0.251 e. The fourth-order valence-electron chi connectivity index (χ4n) is 3.40. The Bertz CT molecular complexity index is 534. The number of likely N-dealkylation sites (N-methyl/N-ethyl adjacent to an activating group) is 1. The third-order valence-corrected chi connectivity index (χ3v) is 5.11. The second-order valence-corrected chi connectivity index (χ2v) is 6.88. The number of hydrogen-bond donors (Lipinski definition) is 2. The van der Waals surface area contributed by atoms with Crippen LogP contribution in [0, 0.1) is 0 Å². The molecular weight excluding hydrogens is 302 g/mol. The lowest BCUT2D eigenvalue weighted by molar-refractivity contribution is 0.0948. The summed E-state index contributed by atoms with van der Waals surface area (Å²) in [6.07, 6.45) is 4.08. The van der Waals surface area contributed by atoms with Gasteiger partial charge in [0, 0.05) is 43.5 Å². The predicted molar refractivity (Wildman–Crippen MR) is 96.5 cm³/mol. The summed E-state index contributed by atoms with van der Waals surface area (Å²) in [5.74, 6) is 0.00228. The Kier molecular flexibility index (Phi) is 5.74. The summed E-state index contributed by atoms with van der Waals surface area (Å²) in [5.41, 5.74) is 1.84. The van der Waals surface area contributed by atoms with E-state index in [4.69, 9.17) is 0 Å². The number of rotatable bonds is 7. The normalized spacial score (nSPS) is 18.9. The molecule has 0 aromatic heterocycles. The molecule has 2 N–H and O–H groups in total. The van der Waals surface area contributed by atoms with Crippen molar-refractivity contribution < 1.29 is 9.90 Å². The van der Waals surface area contributed by atoms with Crippen molar-refractivity contribution in [2.75, 3.05) is 37.6 Å². The molecular formula is C19H29N3O2. The van der Waals surface area contributed by atoms with Gasteiger partial charge in [-0.1, -0.05) is 6.92 Å². The van der Waals surface area contributed by atoms with Gasteiger partial charge in [-0.15, -0.1) is 0 Å². The molecule has 0 atom stereocenters. The van der Waals surface area contributed by atoms with Gasteiger partial charge in [-0.25, -0.2) is 0 Å². The van der Waals surface area contributed by atoms with Crippen molar-refractivity contribution in [3.63, 3.8) is 0 Å². The van der Waals surface area contributed by atoms with Crippen LogP contribution in [-0.2, 0) is 0 Å². The van der Waals surface area contributed by atoms with E-state index in [0.717, 1.165) is 50.7 Å². The van der Waals surface area contributed by atoms with E-state index in [1.165, 1.54) is 12.8 Å². The molecule has 1 aliphatic heterocycles. The Balaban J connectivity index is 1.46.